The molecule has 1 N–H and O–H groups in total. The first kappa shape index (κ1) is 17.5. The Kier molecular flexibility index (Phi) is 5.63. The Morgan fingerprint density at radius 1 is 1.08 bits per heavy atom. The third-order valence-electron chi connectivity index (χ3n) is 4.71. The van der Waals surface area contributed by atoms with Gasteiger partial charge in [0.2, 0.25) is 0 Å². The molecule has 0 saturated carbocycles. The molecule has 0 bridgehead atoms. The number of hydrogen-bond donors (Lipinski definition) is 1. The predicted octanol–water partition coefficient (Wildman–Crippen LogP) is 2.96. The lowest BCUT2D eigenvalue weighted by Crippen LogP contribution is -2.47. The number of benzene rings is 1. The minimum atomic E-state index is -4.65. The molecule has 24 heavy (non-hydrogen) atoms. The quantitative estimate of drug-likeness (QED) is 0.911. The minimum absolute atomic E-state index is 0.169. The number of hydrogen-bond acceptors (Lipinski definition) is 4. The zero-order valence-corrected chi connectivity index (χ0v) is 13.5. The van der Waals surface area contributed by atoms with E-state index in [9.17, 15) is 13.2 Å². The highest BCUT2D eigenvalue weighted by molar-refractivity contribution is 5.30. The molecular weight excluding hydrogens is 321 g/mol. The maximum absolute atomic E-state index is 12.3. The number of nitrogens with zero attached hydrogens (tertiary/aromatic N) is 1. The van der Waals surface area contributed by atoms with Crippen molar-refractivity contribution in [3.63, 3.8) is 0 Å². The molecule has 0 radical (unpaired) electrons. The van der Waals surface area contributed by atoms with Gasteiger partial charge in [0.25, 0.3) is 0 Å². The highest BCUT2D eigenvalue weighted by Crippen LogP contribution is 2.36. The van der Waals surface area contributed by atoms with Gasteiger partial charge in [-0.05, 0) is 36.5 Å². The van der Waals surface area contributed by atoms with Gasteiger partial charge in [-0.2, -0.15) is 0 Å². The van der Waals surface area contributed by atoms with Gasteiger partial charge < -0.3 is 14.8 Å². The lowest BCUT2D eigenvalue weighted by atomic mass is 9.85. The number of piperazine rings is 1. The number of rotatable bonds is 4. The minimum Gasteiger partial charge on any atom is -0.406 e. The van der Waals surface area contributed by atoms with Crippen LogP contribution in [0.3, 0.4) is 0 Å². The molecule has 1 aromatic carbocycles. The first-order chi connectivity index (χ1) is 11.5. The second-order valence-corrected chi connectivity index (χ2v) is 6.30. The van der Waals surface area contributed by atoms with Crippen molar-refractivity contribution >= 4 is 0 Å². The Morgan fingerprint density at radius 3 is 2.29 bits per heavy atom. The highest BCUT2D eigenvalue weighted by atomic mass is 19.4. The van der Waals surface area contributed by atoms with E-state index >= 15 is 0 Å². The van der Waals surface area contributed by atoms with Crippen LogP contribution in [0, 0.1) is 5.92 Å². The molecule has 0 aromatic heterocycles. The van der Waals surface area contributed by atoms with Crippen LogP contribution in [0.15, 0.2) is 24.3 Å². The van der Waals surface area contributed by atoms with Gasteiger partial charge in [-0.25, -0.2) is 0 Å². The average Bonchev–Trinajstić information content (AvgIpc) is 2.57. The standard InChI is InChI=1S/C17H23F3N2O2/c18-17(19,20)24-15-3-1-13(2-4-15)16(14-5-11-23-12-6-14)22-9-7-21-8-10-22/h1-4,14,16,21H,5-12H2/t16-/m0/s1. The Morgan fingerprint density at radius 2 is 1.71 bits per heavy atom. The molecular formula is C17H23F3N2O2. The Balaban J connectivity index is 1.78. The van der Waals surface area contributed by atoms with E-state index in [0.29, 0.717) is 5.92 Å². The van der Waals surface area contributed by atoms with E-state index in [1.54, 1.807) is 12.1 Å². The summed E-state index contributed by atoms with van der Waals surface area (Å²) in [7, 11) is 0. The molecule has 0 amide bonds. The fourth-order valence-corrected chi connectivity index (χ4v) is 3.64. The number of halogens is 3. The lowest BCUT2D eigenvalue weighted by molar-refractivity contribution is -0.274. The molecule has 2 heterocycles. The van der Waals surface area contributed by atoms with Gasteiger partial charge >= 0.3 is 6.36 Å². The third kappa shape index (κ3) is 4.62. The van der Waals surface area contributed by atoms with Crippen LogP contribution in [0.5, 0.6) is 5.75 Å². The fourth-order valence-electron chi connectivity index (χ4n) is 3.64. The van der Waals surface area contributed by atoms with Crippen molar-refractivity contribution in [1.82, 2.24) is 10.2 Å². The summed E-state index contributed by atoms with van der Waals surface area (Å²) in [5, 5.41) is 3.35. The molecule has 0 aliphatic carbocycles. The van der Waals surface area contributed by atoms with Crippen LogP contribution in [0.2, 0.25) is 0 Å². The number of alkyl halides is 3. The van der Waals surface area contributed by atoms with Gasteiger partial charge in [0, 0.05) is 45.4 Å². The van der Waals surface area contributed by atoms with Crippen LogP contribution in [0.25, 0.3) is 0 Å². The smallest absolute Gasteiger partial charge is 0.406 e. The zero-order valence-electron chi connectivity index (χ0n) is 13.5. The molecule has 0 unspecified atom stereocenters. The van der Waals surface area contributed by atoms with Crippen molar-refractivity contribution < 1.29 is 22.6 Å². The molecule has 2 saturated heterocycles. The monoisotopic (exact) mass is 344 g/mol. The van der Waals surface area contributed by atoms with E-state index in [2.05, 4.69) is 15.0 Å². The zero-order chi connectivity index (χ0) is 17.0. The highest BCUT2D eigenvalue weighted by Gasteiger charge is 2.33. The van der Waals surface area contributed by atoms with Crippen molar-refractivity contribution in [2.45, 2.75) is 25.2 Å². The van der Waals surface area contributed by atoms with E-state index in [1.807, 2.05) is 0 Å². The number of nitrogens with one attached hydrogen (secondary N) is 1. The first-order valence-corrected chi connectivity index (χ1v) is 8.41. The molecule has 2 aliphatic heterocycles. The van der Waals surface area contributed by atoms with Gasteiger partial charge in [0.1, 0.15) is 5.75 Å². The van der Waals surface area contributed by atoms with E-state index in [1.165, 1.54) is 12.1 Å². The average molecular weight is 344 g/mol. The van der Waals surface area contributed by atoms with Gasteiger partial charge in [0.05, 0.1) is 0 Å². The molecule has 2 aliphatic rings. The maximum Gasteiger partial charge on any atom is 0.573 e. The summed E-state index contributed by atoms with van der Waals surface area (Å²) in [6.45, 7) is 5.28. The lowest BCUT2D eigenvalue weighted by Gasteiger charge is -2.41. The molecule has 1 atom stereocenters. The summed E-state index contributed by atoms with van der Waals surface area (Å²) in [5.74, 6) is 0.295. The summed E-state index contributed by atoms with van der Waals surface area (Å²) in [4.78, 5) is 2.44. The van der Waals surface area contributed by atoms with Gasteiger partial charge in [-0.15, -0.1) is 13.2 Å². The van der Waals surface area contributed by atoms with Crippen molar-refractivity contribution in [2.24, 2.45) is 5.92 Å². The van der Waals surface area contributed by atoms with Gasteiger partial charge in [-0.3, -0.25) is 4.90 Å². The van der Waals surface area contributed by atoms with Crippen LogP contribution in [-0.2, 0) is 4.74 Å². The second kappa shape index (κ2) is 7.72. The van der Waals surface area contributed by atoms with Crippen LogP contribution in [0.1, 0.15) is 24.4 Å². The Bertz CT molecular complexity index is 492. The molecule has 1 aromatic rings. The maximum atomic E-state index is 12.3. The second-order valence-electron chi connectivity index (χ2n) is 6.30. The van der Waals surface area contributed by atoms with E-state index < -0.39 is 6.36 Å². The summed E-state index contributed by atoms with van der Waals surface area (Å²) in [6, 6.07) is 6.58. The molecule has 7 heteroatoms. The van der Waals surface area contributed by atoms with Crippen molar-refractivity contribution in [3.8, 4) is 5.75 Å². The number of ether oxygens (including phenoxy) is 2. The van der Waals surface area contributed by atoms with E-state index in [0.717, 1.165) is 57.8 Å². The summed E-state index contributed by atoms with van der Waals surface area (Å²) >= 11 is 0. The normalized spacial score (nSPS) is 22.3. The molecule has 134 valence electrons. The first-order valence-electron chi connectivity index (χ1n) is 8.41. The van der Waals surface area contributed by atoms with E-state index in [4.69, 9.17) is 4.74 Å². The SMILES string of the molecule is FC(F)(F)Oc1ccc([C@@H](C2CCOCC2)N2CCNCC2)cc1. The summed E-state index contributed by atoms with van der Waals surface area (Å²) < 4.78 is 46.4. The predicted molar refractivity (Wildman–Crippen MR) is 83.9 cm³/mol. The largest absolute Gasteiger partial charge is 0.573 e. The summed E-state index contributed by atoms with van der Waals surface area (Å²) in [5.41, 5.74) is 1.05. The van der Waals surface area contributed by atoms with Crippen LogP contribution >= 0.6 is 0 Å². The summed E-state index contributed by atoms with van der Waals surface area (Å²) in [6.07, 6.45) is -2.69. The topological polar surface area (TPSA) is 33.7 Å². The Hall–Kier alpha value is -1.31. The van der Waals surface area contributed by atoms with Crippen LogP contribution < -0.4 is 10.1 Å². The molecule has 2 fully saturated rings. The third-order valence-corrected chi connectivity index (χ3v) is 4.71. The molecule has 0 spiro atoms. The van der Waals surface area contributed by atoms with Gasteiger partial charge in [0.15, 0.2) is 0 Å². The van der Waals surface area contributed by atoms with E-state index in [-0.39, 0.29) is 11.8 Å². The van der Waals surface area contributed by atoms with Crippen molar-refractivity contribution in [1.29, 1.82) is 0 Å². The Labute approximate surface area is 139 Å². The fraction of sp³-hybridized carbons (Fsp3) is 0.647. The van der Waals surface area contributed by atoms with Crippen LogP contribution in [-0.4, -0.2) is 50.7 Å². The van der Waals surface area contributed by atoms with Crippen molar-refractivity contribution in [2.75, 3.05) is 39.4 Å². The van der Waals surface area contributed by atoms with Crippen LogP contribution in [0.4, 0.5) is 13.2 Å². The van der Waals surface area contributed by atoms with Gasteiger partial charge in [-0.1, -0.05) is 12.1 Å². The molecule has 3 rings (SSSR count). The molecule has 4 nitrogen and oxygen atoms in total. The van der Waals surface area contributed by atoms with Crippen molar-refractivity contribution in [3.05, 3.63) is 29.8 Å².